The predicted molar refractivity (Wildman–Crippen MR) is 108 cm³/mol. The lowest BCUT2D eigenvalue weighted by Gasteiger charge is -2.26. The molecule has 1 aromatic heterocycles. The number of halogens is 1. The Bertz CT molecular complexity index is 942. The highest BCUT2D eigenvalue weighted by Crippen LogP contribution is 2.43. The topological polar surface area (TPSA) is 79.9 Å². The number of nitriles is 1. The molecule has 2 heterocycles. The van der Waals surface area contributed by atoms with E-state index >= 15 is 0 Å². The molecule has 0 bridgehead atoms. The second kappa shape index (κ2) is 8.94. The summed E-state index contributed by atoms with van der Waals surface area (Å²) in [6, 6.07) is 9.79. The molecule has 0 spiro atoms. The van der Waals surface area contributed by atoms with Crippen LogP contribution in [0.1, 0.15) is 56.6 Å². The van der Waals surface area contributed by atoms with Crippen molar-refractivity contribution in [3.8, 4) is 6.07 Å². The lowest BCUT2D eigenvalue weighted by atomic mass is 9.82. The van der Waals surface area contributed by atoms with Gasteiger partial charge in [-0.15, -0.1) is 5.10 Å². The van der Waals surface area contributed by atoms with E-state index in [4.69, 9.17) is 16.3 Å². The van der Waals surface area contributed by atoms with Crippen LogP contribution in [-0.4, -0.2) is 22.5 Å². The van der Waals surface area contributed by atoms with E-state index in [0.717, 1.165) is 36.1 Å². The van der Waals surface area contributed by atoms with Crippen LogP contribution in [0, 0.1) is 11.3 Å². The van der Waals surface area contributed by atoms with Gasteiger partial charge in [-0.25, -0.2) is 4.79 Å². The number of carbonyl (C=O) groups is 1. The van der Waals surface area contributed by atoms with Gasteiger partial charge in [0, 0.05) is 22.5 Å². The zero-order valence-electron chi connectivity index (χ0n) is 16.0. The van der Waals surface area contributed by atoms with E-state index in [-0.39, 0.29) is 5.92 Å². The predicted octanol–water partition coefficient (Wildman–Crippen LogP) is 5.46. The van der Waals surface area contributed by atoms with E-state index in [1.165, 1.54) is 4.68 Å². The van der Waals surface area contributed by atoms with E-state index in [1.807, 2.05) is 32.0 Å². The van der Waals surface area contributed by atoms with E-state index in [0.29, 0.717) is 29.4 Å². The molecule has 28 heavy (non-hydrogen) atoms. The number of aromatic nitrogens is 2. The van der Waals surface area contributed by atoms with Gasteiger partial charge in [0.15, 0.2) is 5.82 Å². The van der Waals surface area contributed by atoms with Crippen LogP contribution >= 0.6 is 11.6 Å². The Labute approximate surface area is 169 Å². The van der Waals surface area contributed by atoms with Gasteiger partial charge in [0.1, 0.15) is 0 Å². The minimum absolute atomic E-state index is 0.351. The molecule has 0 radical (unpaired) electrons. The van der Waals surface area contributed by atoms with Crippen molar-refractivity contribution in [2.45, 2.75) is 45.4 Å². The highest BCUT2D eigenvalue weighted by atomic mass is 35.5. The van der Waals surface area contributed by atoms with Crippen LogP contribution < -0.4 is 5.32 Å². The average molecular weight is 399 g/mol. The van der Waals surface area contributed by atoms with Gasteiger partial charge in [-0.3, -0.25) is 0 Å². The molecule has 0 amide bonds. The number of benzene rings is 1. The van der Waals surface area contributed by atoms with Crippen molar-refractivity contribution >= 4 is 23.5 Å². The monoisotopic (exact) mass is 398 g/mol. The smallest absolute Gasteiger partial charge is 0.434 e. The summed E-state index contributed by atoms with van der Waals surface area (Å²) >= 11 is 6.45. The maximum atomic E-state index is 12.4. The summed E-state index contributed by atoms with van der Waals surface area (Å²) in [5.74, 6) is 0.175. The Kier molecular flexibility index (Phi) is 6.37. The van der Waals surface area contributed by atoms with Crippen molar-refractivity contribution in [2.75, 3.05) is 11.9 Å². The summed E-state index contributed by atoms with van der Waals surface area (Å²) in [4.78, 5) is 12.4. The number of nitrogens with zero attached hydrogens (tertiary/aromatic N) is 3. The van der Waals surface area contributed by atoms with Crippen LogP contribution in [0.5, 0.6) is 0 Å². The molecule has 146 valence electrons. The van der Waals surface area contributed by atoms with Crippen LogP contribution in [0.4, 0.5) is 10.6 Å². The van der Waals surface area contributed by atoms with Gasteiger partial charge in [-0.2, -0.15) is 9.94 Å². The molecule has 0 aliphatic carbocycles. The van der Waals surface area contributed by atoms with Crippen LogP contribution in [0.25, 0.3) is 0 Å². The van der Waals surface area contributed by atoms with E-state index in [1.54, 1.807) is 12.3 Å². The quantitative estimate of drug-likeness (QED) is 0.654. The largest absolute Gasteiger partial charge is 0.448 e. The lowest BCUT2D eigenvalue weighted by molar-refractivity contribution is 0.143. The number of allylic oxidation sites excluding steroid dienone is 2. The third kappa shape index (κ3) is 3.90. The lowest BCUT2D eigenvalue weighted by Crippen LogP contribution is -2.18. The molecule has 3 rings (SSSR count). The summed E-state index contributed by atoms with van der Waals surface area (Å²) in [5, 5.41) is 18.1. The Hall–Kier alpha value is -2.78. The minimum Gasteiger partial charge on any atom is -0.448 e. The van der Waals surface area contributed by atoms with Gasteiger partial charge >= 0.3 is 6.09 Å². The molecule has 1 aromatic carbocycles. The standard InChI is InChI=1S/C21H23ClN4O2/c1-3-5-11-28-21(27)26-13-16-19(14-9-6-7-10-17(14)22)15(12-23)18(8-4-2)24-20(16)25-26/h6-7,9-10,13,19H,3-5,8,11H2,1-2H3,(H,24,25). The zero-order chi connectivity index (χ0) is 20.1. The summed E-state index contributed by atoms with van der Waals surface area (Å²) < 4.78 is 6.46. The molecule has 1 aliphatic rings. The summed E-state index contributed by atoms with van der Waals surface area (Å²) in [6.45, 7) is 4.43. The molecule has 1 unspecified atom stereocenters. The van der Waals surface area contributed by atoms with Crippen LogP contribution in [0.2, 0.25) is 5.02 Å². The first kappa shape index (κ1) is 20.0. The molecular weight excluding hydrogens is 376 g/mol. The Morgan fingerprint density at radius 1 is 1.32 bits per heavy atom. The number of rotatable bonds is 6. The van der Waals surface area contributed by atoms with E-state index < -0.39 is 6.09 Å². The molecule has 1 aliphatic heterocycles. The number of fused-ring (bicyclic) bond motifs is 1. The van der Waals surface area contributed by atoms with Gasteiger partial charge in [0.25, 0.3) is 0 Å². The van der Waals surface area contributed by atoms with Crippen LogP contribution in [0.15, 0.2) is 41.7 Å². The normalized spacial score (nSPS) is 15.6. The van der Waals surface area contributed by atoms with Gasteiger partial charge in [-0.05, 0) is 24.5 Å². The highest BCUT2D eigenvalue weighted by molar-refractivity contribution is 6.31. The summed E-state index contributed by atoms with van der Waals surface area (Å²) in [6.07, 6.45) is 4.42. The van der Waals surface area contributed by atoms with E-state index in [9.17, 15) is 10.1 Å². The van der Waals surface area contributed by atoms with Gasteiger partial charge in [-0.1, -0.05) is 56.5 Å². The second-order valence-corrected chi connectivity index (χ2v) is 7.09. The number of unbranched alkanes of at least 4 members (excludes halogenated alkanes) is 1. The maximum absolute atomic E-state index is 12.4. The molecule has 1 N–H and O–H groups in total. The summed E-state index contributed by atoms with van der Waals surface area (Å²) in [7, 11) is 0. The van der Waals surface area contributed by atoms with Crippen LogP contribution in [0.3, 0.4) is 0 Å². The first-order valence-electron chi connectivity index (χ1n) is 9.51. The van der Waals surface area contributed by atoms with Crippen molar-refractivity contribution in [3.05, 3.63) is 57.9 Å². The van der Waals surface area contributed by atoms with E-state index in [2.05, 4.69) is 16.5 Å². The number of carbonyl (C=O) groups excluding carboxylic acids is 1. The van der Waals surface area contributed by atoms with Crippen molar-refractivity contribution < 1.29 is 9.53 Å². The molecule has 2 aromatic rings. The number of anilines is 1. The number of ether oxygens (including phenoxy) is 1. The highest BCUT2D eigenvalue weighted by Gasteiger charge is 2.33. The second-order valence-electron chi connectivity index (χ2n) is 6.68. The average Bonchev–Trinajstić information content (AvgIpc) is 3.12. The molecule has 1 atom stereocenters. The molecule has 7 heteroatoms. The number of hydrogen-bond acceptors (Lipinski definition) is 5. The first-order valence-corrected chi connectivity index (χ1v) is 9.89. The Balaban J connectivity index is 2.05. The fourth-order valence-electron chi connectivity index (χ4n) is 3.31. The maximum Gasteiger partial charge on any atom is 0.434 e. The Morgan fingerprint density at radius 2 is 2.11 bits per heavy atom. The van der Waals surface area contributed by atoms with Crippen molar-refractivity contribution in [3.63, 3.8) is 0 Å². The molecule has 0 saturated heterocycles. The fraction of sp³-hybridized carbons (Fsp3) is 0.381. The third-order valence-electron chi connectivity index (χ3n) is 4.68. The zero-order valence-corrected chi connectivity index (χ0v) is 16.8. The van der Waals surface area contributed by atoms with Gasteiger partial charge in [0.2, 0.25) is 0 Å². The molecule has 0 fully saturated rings. The van der Waals surface area contributed by atoms with Crippen molar-refractivity contribution in [2.24, 2.45) is 0 Å². The van der Waals surface area contributed by atoms with Crippen molar-refractivity contribution in [1.29, 1.82) is 5.26 Å². The number of nitrogens with one attached hydrogen (secondary N) is 1. The first-order chi connectivity index (χ1) is 13.6. The third-order valence-corrected chi connectivity index (χ3v) is 5.03. The van der Waals surface area contributed by atoms with Crippen LogP contribution in [-0.2, 0) is 4.74 Å². The molecule has 6 nitrogen and oxygen atoms in total. The van der Waals surface area contributed by atoms with Crippen molar-refractivity contribution in [1.82, 2.24) is 9.78 Å². The number of hydrogen-bond donors (Lipinski definition) is 1. The summed E-state index contributed by atoms with van der Waals surface area (Å²) in [5.41, 5.74) is 2.96. The minimum atomic E-state index is -0.530. The SMILES string of the molecule is CCCCOC(=O)n1cc2c(n1)NC(CCC)=C(C#N)C2c1ccccc1Cl. The molecular formula is C21H23ClN4O2. The Morgan fingerprint density at radius 3 is 2.79 bits per heavy atom. The molecule has 0 saturated carbocycles. The fourth-order valence-corrected chi connectivity index (χ4v) is 3.56. The van der Waals surface area contributed by atoms with Gasteiger partial charge < -0.3 is 10.1 Å². The van der Waals surface area contributed by atoms with Gasteiger partial charge in [0.05, 0.1) is 24.2 Å².